The van der Waals surface area contributed by atoms with Crippen molar-refractivity contribution in [3.63, 3.8) is 0 Å². The number of rotatable bonds is 5. The maximum atomic E-state index is 12.7. The molecule has 29 heavy (non-hydrogen) atoms. The summed E-state index contributed by atoms with van der Waals surface area (Å²) in [6, 6.07) is 8.88. The number of hydrazone groups is 1. The summed E-state index contributed by atoms with van der Waals surface area (Å²) in [6.07, 6.45) is -4.57. The van der Waals surface area contributed by atoms with Crippen LogP contribution in [0, 0.1) is 0 Å². The number of hydrogen-bond donors (Lipinski definition) is 2. The van der Waals surface area contributed by atoms with E-state index in [0.717, 1.165) is 18.2 Å². The van der Waals surface area contributed by atoms with Gasteiger partial charge in [-0.05, 0) is 37.3 Å². The van der Waals surface area contributed by atoms with E-state index in [-0.39, 0.29) is 5.69 Å². The van der Waals surface area contributed by atoms with Gasteiger partial charge in [0.05, 0.1) is 25.5 Å². The molecule has 0 aliphatic heterocycles. The van der Waals surface area contributed by atoms with Gasteiger partial charge in [0.15, 0.2) is 0 Å². The molecule has 10 heteroatoms. The van der Waals surface area contributed by atoms with Gasteiger partial charge in [-0.15, -0.1) is 0 Å². The van der Waals surface area contributed by atoms with Crippen LogP contribution in [0.25, 0.3) is 0 Å². The van der Waals surface area contributed by atoms with Crippen LogP contribution in [-0.2, 0) is 15.8 Å². The van der Waals surface area contributed by atoms with E-state index in [1.807, 2.05) is 0 Å². The first-order chi connectivity index (χ1) is 13.7. The lowest BCUT2D eigenvalue weighted by Gasteiger charge is -2.11. The summed E-state index contributed by atoms with van der Waals surface area (Å²) in [5.74, 6) is -1.31. The van der Waals surface area contributed by atoms with Gasteiger partial charge in [-0.25, -0.2) is 5.43 Å². The van der Waals surface area contributed by atoms with Gasteiger partial charge in [-0.3, -0.25) is 9.59 Å². The van der Waals surface area contributed by atoms with E-state index in [9.17, 15) is 22.8 Å². The number of methoxy groups -OCH3 is 2. The molecule has 0 unspecified atom stereocenters. The molecule has 2 amide bonds. The molecule has 0 spiro atoms. The fourth-order valence-electron chi connectivity index (χ4n) is 2.30. The number of anilines is 1. The molecule has 7 nitrogen and oxygen atoms in total. The summed E-state index contributed by atoms with van der Waals surface area (Å²) in [7, 11) is 2.95. The molecule has 2 N–H and O–H groups in total. The minimum absolute atomic E-state index is 0.169. The van der Waals surface area contributed by atoms with E-state index in [1.165, 1.54) is 20.3 Å². The van der Waals surface area contributed by atoms with Crippen molar-refractivity contribution in [3.8, 4) is 11.5 Å². The Morgan fingerprint density at radius 1 is 1.00 bits per heavy atom. The molecule has 0 aliphatic rings. The van der Waals surface area contributed by atoms with Crippen LogP contribution in [-0.4, -0.2) is 31.7 Å². The number of hydrogen-bond acceptors (Lipinski definition) is 5. The molecule has 0 atom stereocenters. The second kappa shape index (κ2) is 9.09. The SMILES string of the molecule is COc1ccc(/C(C)=N\NC(=O)C(=O)Nc2cccc(C(F)(F)F)c2)c(OC)c1. The largest absolute Gasteiger partial charge is 0.497 e. The first kappa shape index (κ1) is 21.7. The number of nitrogens with one attached hydrogen (secondary N) is 2. The highest BCUT2D eigenvalue weighted by molar-refractivity contribution is 6.39. The molecular formula is C19H18F3N3O4. The Morgan fingerprint density at radius 2 is 1.72 bits per heavy atom. The summed E-state index contributed by atoms with van der Waals surface area (Å²) in [5.41, 5.74) is 1.82. The van der Waals surface area contributed by atoms with Crippen LogP contribution in [0.4, 0.5) is 18.9 Å². The maximum Gasteiger partial charge on any atom is 0.416 e. The van der Waals surface area contributed by atoms with E-state index in [1.54, 1.807) is 25.1 Å². The van der Waals surface area contributed by atoms with E-state index in [4.69, 9.17) is 9.47 Å². The molecule has 0 saturated carbocycles. The lowest BCUT2D eigenvalue weighted by Crippen LogP contribution is -2.33. The zero-order chi connectivity index (χ0) is 21.6. The van der Waals surface area contributed by atoms with Crippen LogP contribution in [0.2, 0.25) is 0 Å². The van der Waals surface area contributed by atoms with Crippen molar-refractivity contribution in [2.24, 2.45) is 5.10 Å². The van der Waals surface area contributed by atoms with Crippen LogP contribution in [0.15, 0.2) is 47.6 Å². The van der Waals surface area contributed by atoms with Crippen LogP contribution in [0.1, 0.15) is 18.1 Å². The van der Waals surface area contributed by atoms with Crippen molar-refractivity contribution in [2.45, 2.75) is 13.1 Å². The molecule has 2 rings (SSSR count). The van der Waals surface area contributed by atoms with Gasteiger partial charge in [-0.2, -0.15) is 18.3 Å². The zero-order valence-corrected chi connectivity index (χ0v) is 15.8. The highest BCUT2D eigenvalue weighted by Crippen LogP contribution is 2.30. The molecule has 154 valence electrons. The fraction of sp³-hybridized carbons (Fsp3) is 0.211. The monoisotopic (exact) mass is 409 g/mol. The molecule has 0 heterocycles. The van der Waals surface area contributed by atoms with Gasteiger partial charge in [0.1, 0.15) is 11.5 Å². The van der Waals surface area contributed by atoms with Gasteiger partial charge in [0.2, 0.25) is 0 Å². The number of nitrogens with zero attached hydrogens (tertiary/aromatic N) is 1. The lowest BCUT2D eigenvalue weighted by molar-refractivity contribution is -0.137. The van der Waals surface area contributed by atoms with Gasteiger partial charge in [0, 0.05) is 17.3 Å². The minimum atomic E-state index is -4.57. The Balaban J connectivity index is 2.07. The third kappa shape index (κ3) is 5.71. The number of halogens is 3. The van der Waals surface area contributed by atoms with Crippen molar-refractivity contribution in [2.75, 3.05) is 19.5 Å². The van der Waals surface area contributed by atoms with E-state index >= 15 is 0 Å². The highest BCUT2D eigenvalue weighted by Gasteiger charge is 2.30. The standard InChI is InChI=1S/C19H18F3N3O4/c1-11(15-8-7-14(28-2)10-16(15)29-3)24-25-18(27)17(26)23-13-6-4-5-12(9-13)19(20,21)22/h4-10H,1-3H3,(H,23,26)(H,25,27)/b24-11-. The predicted molar refractivity (Wildman–Crippen MR) is 100.0 cm³/mol. The van der Waals surface area contributed by atoms with Crippen molar-refractivity contribution in [3.05, 3.63) is 53.6 Å². The van der Waals surface area contributed by atoms with Gasteiger partial charge in [-0.1, -0.05) is 6.07 Å². The summed E-state index contributed by atoms with van der Waals surface area (Å²) in [5, 5.41) is 5.93. The number of alkyl halides is 3. The molecule has 2 aromatic carbocycles. The van der Waals surface area contributed by atoms with Crippen molar-refractivity contribution < 1.29 is 32.2 Å². The maximum absolute atomic E-state index is 12.7. The predicted octanol–water partition coefficient (Wildman–Crippen LogP) is 3.20. The van der Waals surface area contributed by atoms with Crippen LogP contribution in [0.3, 0.4) is 0 Å². The average Bonchev–Trinajstić information content (AvgIpc) is 2.70. The Labute approximate surface area is 164 Å². The third-order valence-corrected chi connectivity index (χ3v) is 3.78. The summed E-state index contributed by atoms with van der Waals surface area (Å²) in [6.45, 7) is 1.58. The van der Waals surface area contributed by atoms with Crippen molar-refractivity contribution in [1.82, 2.24) is 5.43 Å². The molecular weight excluding hydrogens is 391 g/mol. The average molecular weight is 409 g/mol. The number of amides is 2. The normalized spacial score (nSPS) is 11.6. The quantitative estimate of drug-likeness (QED) is 0.451. The first-order valence-corrected chi connectivity index (χ1v) is 8.21. The Hall–Kier alpha value is -3.56. The van der Waals surface area contributed by atoms with E-state index in [0.29, 0.717) is 22.8 Å². The van der Waals surface area contributed by atoms with E-state index < -0.39 is 23.6 Å². The van der Waals surface area contributed by atoms with Gasteiger partial charge >= 0.3 is 18.0 Å². The van der Waals surface area contributed by atoms with E-state index in [2.05, 4.69) is 15.8 Å². The molecule has 0 saturated heterocycles. The van der Waals surface area contributed by atoms with Gasteiger partial charge < -0.3 is 14.8 Å². The second-order valence-corrected chi connectivity index (χ2v) is 5.74. The zero-order valence-electron chi connectivity index (χ0n) is 15.8. The molecule has 0 aliphatic carbocycles. The summed E-state index contributed by atoms with van der Waals surface area (Å²) >= 11 is 0. The Kier molecular flexibility index (Phi) is 6.81. The van der Waals surface area contributed by atoms with Crippen LogP contribution < -0.4 is 20.2 Å². The second-order valence-electron chi connectivity index (χ2n) is 5.74. The lowest BCUT2D eigenvalue weighted by atomic mass is 10.1. The number of benzene rings is 2. The fourth-order valence-corrected chi connectivity index (χ4v) is 2.30. The van der Waals surface area contributed by atoms with Crippen molar-refractivity contribution in [1.29, 1.82) is 0 Å². The number of carbonyl (C=O) groups excluding carboxylic acids is 2. The highest BCUT2D eigenvalue weighted by atomic mass is 19.4. The number of carbonyl (C=O) groups is 2. The molecule has 0 radical (unpaired) electrons. The number of ether oxygens (including phenoxy) is 2. The smallest absolute Gasteiger partial charge is 0.416 e. The molecule has 2 aromatic rings. The molecule has 0 bridgehead atoms. The minimum Gasteiger partial charge on any atom is -0.497 e. The topological polar surface area (TPSA) is 89.0 Å². The van der Waals surface area contributed by atoms with Gasteiger partial charge in [0.25, 0.3) is 0 Å². The Bertz CT molecular complexity index is 943. The van der Waals surface area contributed by atoms with Crippen LogP contribution >= 0.6 is 0 Å². The molecule has 0 fully saturated rings. The molecule has 0 aromatic heterocycles. The first-order valence-electron chi connectivity index (χ1n) is 8.21. The third-order valence-electron chi connectivity index (χ3n) is 3.78. The Morgan fingerprint density at radius 3 is 2.34 bits per heavy atom. The summed E-state index contributed by atoms with van der Waals surface area (Å²) in [4.78, 5) is 23.8. The van der Waals surface area contributed by atoms with Crippen molar-refractivity contribution >= 4 is 23.2 Å². The summed E-state index contributed by atoms with van der Waals surface area (Å²) < 4.78 is 48.5. The van der Waals surface area contributed by atoms with Crippen LogP contribution in [0.5, 0.6) is 11.5 Å².